The van der Waals surface area contributed by atoms with Crippen molar-refractivity contribution in [3.05, 3.63) is 0 Å². The van der Waals surface area contributed by atoms with Crippen molar-refractivity contribution in [2.75, 3.05) is 11.5 Å². The lowest BCUT2D eigenvalue weighted by Gasteiger charge is -2.20. The molecule has 0 radical (unpaired) electrons. The third-order valence-corrected chi connectivity index (χ3v) is 3.34. The molecule has 1 nitrogen and oxygen atoms in total. The molecule has 0 aromatic heterocycles. The first-order chi connectivity index (χ1) is 6.24. The van der Waals surface area contributed by atoms with Gasteiger partial charge in [-0.15, -0.1) is 0 Å². The molecule has 0 spiro atoms. The van der Waals surface area contributed by atoms with Gasteiger partial charge in [-0.2, -0.15) is 11.8 Å². The summed E-state index contributed by atoms with van der Waals surface area (Å²) in [4.78, 5) is 0. The Hall–Kier alpha value is 0.310. The van der Waals surface area contributed by atoms with Gasteiger partial charge in [0.25, 0.3) is 0 Å². The molecule has 1 unspecified atom stereocenters. The number of rotatable bonds is 8. The van der Waals surface area contributed by atoms with E-state index in [0.717, 1.165) is 6.04 Å². The fourth-order valence-corrected chi connectivity index (χ4v) is 2.22. The number of nitrogens with one attached hydrogen (secondary N) is 1. The highest BCUT2D eigenvalue weighted by molar-refractivity contribution is 7.99. The Bertz CT molecular complexity index is 102. The zero-order chi connectivity index (χ0) is 10.1. The van der Waals surface area contributed by atoms with Crippen molar-refractivity contribution in [2.24, 2.45) is 0 Å². The molecule has 0 aromatic carbocycles. The molecule has 1 atom stereocenters. The summed E-state index contributed by atoms with van der Waals surface area (Å²) in [5.41, 5.74) is 0. The molecule has 0 rings (SSSR count). The van der Waals surface area contributed by atoms with Gasteiger partial charge < -0.3 is 5.32 Å². The van der Waals surface area contributed by atoms with Crippen molar-refractivity contribution < 1.29 is 0 Å². The van der Waals surface area contributed by atoms with E-state index in [4.69, 9.17) is 0 Å². The Balaban J connectivity index is 3.42. The van der Waals surface area contributed by atoms with Crippen LogP contribution in [-0.4, -0.2) is 23.6 Å². The van der Waals surface area contributed by atoms with Crippen molar-refractivity contribution >= 4 is 11.8 Å². The van der Waals surface area contributed by atoms with Gasteiger partial charge in [-0.3, -0.25) is 0 Å². The largest absolute Gasteiger partial charge is 0.311 e. The maximum absolute atomic E-state index is 3.66. The second-order valence-electron chi connectivity index (χ2n) is 3.57. The Morgan fingerprint density at radius 2 is 1.77 bits per heavy atom. The summed E-state index contributed by atoms with van der Waals surface area (Å²) in [7, 11) is 0. The molecule has 0 amide bonds. The second kappa shape index (κ2) is 8.89. The maximum Gasteiger partial charge on any atom is 0.00642 e. The Kier molecular flexibility index (Phi) is 9.10. The molecule has 0 saturated heterocycles. The molecule has 0 aliphatic rings. The molecule has 2 heteroatoms. The summed E-state index contributed by atoms with van der Waals surface area (Å²) in [5, 5.41) is 3.66. The smallest absolute Gasteiger partial charge is 0.00642 e. The zero-order valence-corrected chi connectivity index (χ0v) is 10.4. The molecule has 0 aromatic rings. The van der Waals surface area contributed by atoms with Gasteiger partial charge in [-0.1, -0.05) is 20.8 Å². The number of hydrogen-bond donors (Lipinski definition) is 1. The first-order valence-electron chi connectivity index (χ1n) is 5.58. The Labute approximate surface area is 88.1 Å². The van der Waals surface area contributed by atoms with Gasteiger partial charge in [0, 0.05) is 12.1 Å². The minimum absolute atomic E-state index is 0.684. The third kappa shape index (κ3) is 7.39. The van der Waals surface area contributed by atoms with E-state index >= 15 is 0 Å². The van der Waals surface area contributed by atoms with E-state index in [1.807, 2.05) is 11.8 Å². The quantitative estimate of drug-likeness (QED) is 0.608. The SMILES string of the molecule is CCSCCC(C)NC(CC)CC. The molecule has 0 aliphatic heterocycles. The molecule has 0 bridgehead atoms. The minimum Gasteiger partial charge on any atom is -0.311 e. The van der Waals surface area contributed by atoms with E-state index in [0.29, 0.717) is 6.04 Å². The topological polar surface area (TPSA) is 12.0 Å². The van der Waals surface area contributed by atoms with E-state index in [1.165, 1.54) is 30.8 Å². The van der Waals surface area contributed by atoms with Crippen LogP contribution < -0.4 is 5.32 Å². The summed E-state index contributed by atoms with van der Waals surface area (Å²) < 4.78 is 0. The van der Waals surface area contributed by atoms with Crippen molar-refractivity contribution in [3.63, 3.8) is 0 Å². The normalized spacial score (nSPS) is 13.6. The van der Waals surface area contributed by atoms with Crippen LogP contribution >= 0.6 is 11.8 Å². The van der Waals surface area contributed by atoms with Gasteiger partial charge in [-0.25, -0.2) is 0 Å². The number of hydrogen-bond acceptors (Lipinski definition) is 2. The number of thioether (sulfide) groups is 1. The van der Waals surface area contributed by atoms with Crippen LogP contribution in [-0.2, 0) is 0 Å². The molecule has 0 fully saturated rings. The van der Waals surface area contributed by atoms with Gasteiger partial charge in [0.05, 0.1) is 0 Å². The van der Waals surface area contributed by atoms with Crippen molar-refractivity contribution in [3.8, 4) is 0 Å². The molecular formula is C11H25NS. The first-order valence-corrected chi connectivity index (χ1v) is 6.73. The van der Waals surface area contributed by atoms with Crippen molar-refractivity contribution in [1.29, 1.82) is 0 Å². The van der Waals surface area contributed by atoms with Gasteiger partial charge in [0.15, 0.2) is 0 Å². The van der Waals surface area contributed by atoms with Crippen LogP contribution in [0.3, 0.4) is 0 Å². The third-order valence-electron chi connectivity index (χ3n) is 2.41. The highest BCUT2D eigenvalue weighted by atomic mass is 32.2. The average molecular weight is 203 g/mol. The van der Waals surface area contributed by atoms with Crippen LogP contribution in [0.1, 0.15) is 47.0 Å². The van der Waals surface area contributed by atoms with Gasteiger partial charge in [0.2, 0.25) is 0 Å². The van der Waals surface area contributed by atoms with Crippen molar-refractivity contribution in [2.45, 2.75) is 59.0 Å². The van der Waals surface area contributed by atoms with Crippen LogP contribution in [0.4, 0.5) is 0 Å². The minimum atomic E-state index is 0.684. The first kappa shape index (κ1) is 13.3. The lowest BCUT2D eigenvalue weighted by Crippen LogP contribution is -2.35. The molecule has 0 saturated carbocycles. The monoisotopic (exact) mass is 203 g/mol. The van der Waals surface area contributed by atoms with Gasteiger partial charge >= 0.3 is 0 Å². The van der Waals surface area contributed by atoms with Gasteiger partial charge in [0.1, 0.15) is 0 Å². The Morgan fingerprint density at radius 1 is 1.15 bits per heavy atom. The highest BCUT2D eigenvalue weighted by Crippen LogP contribution is 2.06. The van der Waals surface area contributed by atoms with Crippen LogP contribution in [0, 0.1) is 0 Å². The maximum atomic E-state index is 3.66. The van der Waals surface area contributed by atoms with Crippen LogP contribution in [0.2, 0.25) is 0 Å². The predicted molar refractivity (Wildman–Crippen MR) is 64.6 cm³/mol. The average Bonchev–Trinajstić information content (AvgIpc) is 2.14. The lowest BCUT2D eigenvalue weighted by molar-refractivity contribution is 0.419. The fourth-order valence-electron chi connectivity index (χ4n) is 1.41. The molecule has 80 valence electrons. The van der Waals surface area contributed by atoms with Gasteiger partial charge in [-0.05, 0) is 37.7 Å². The summed E-state index contributed by atoms with van der Waals surface area (Å²) in [6, 6.07) is 1.41. The molecule has 0 aliphatic carbocycles. The second-order valence-corrected chi connectivity index (χ2v) is 4.96. The molecule has 13 heavy (non-hydrogen) atoms. The summed E-state index contributed by atoms with van der Waals surface area (Å²) in [5.74, 6) is 2.54. The molecular weight excluding hydrogens is 178 g/mol. The highest BCUT2D eigenvalue weighted by Gasteiger charge is 2.07. The van der Waals surface area contributed by atoms with E-state index in [-0.39, 0.29) is 0 Å². The standard InChI is InChI=1S/C11H25NS/c1-5-11(6-2)12-10(4)8-9-13-7-3/h10-12H,5-9H2,1-4H3. The summed E-state index contributed by atoms with van der Waals surface area (Å²) >= 11 is 2.04. The lowest BCUT2D eigenvalue weighted by atomic mass is 10.1. The predicted octanol–water partition coefficient (Wildman–Crippen LogP) is 3.30. The van der Waals surface area contributed by atoms with Crippen molar-refractivity contribution in [1.82, 2.24) is 5.32 Å². The van der Waals surface area contributed by atoms with E-state index in [2.05, 4.69) is 33.0 Å². The Morgan fingerprint density at radius 3 is 2.23 bits per heavy atom. The van der Waals surface area contributed by atoms with Crippen LogP contribution in [0.5, 0.6) is 0 Å². The van der Waals surface area contributed by atoms with Crippen LogP contribution in [0.25, 0.3) is 0 Å². The molecule has 0 heterocycles. The fraction of sp³-hybridized carbons (Fsp3) is 1.00. The zero-order valence-electron chi connectivity index (χ0n) is 9.60. The van der Waals surface area contributed by atoms with E-state index in [1.54, 1.807) is 0 Å². The van der Waals surface area contributed by atoms with Crippen LogP contribution in [0.15, 0.2) is 0 Å². The molecule has 1 N–H and O–H groups in total. The van der Waals surface area contributed by atoms with E-state index < -0.39 is 0 Å². The van der Waals surface area contributed by atoms with E-state index in [9.17, 15) is 0 Å². The summed E-state index contributed by atoms with van der Waals surface area (Å²) in [6.07, 6.45) is 3.80. The summed E-state index contributed by atoms with van der Waals surface area (Å²) in [6.45, 7) is 9.04.